The first-order valence-electron chi connectivity index (χ1n) is 9.75. The lowest BCUT2D eigenvalue weighted by atomic mass is 10.4. The Morgan fingerprint density at radius 2 is 1.08 bits per heavy atom. The molecule has 0 saturated carbocycles. The fourth-order valence-electron chi connectivity index (χ4n) is 5.53. The quantitative estimate of drug-likeness (QED) is 0.400. The maximum absolute atomic E-state index is 4.40. The molecule has 0 bridgehead atoms. The summed E-state index contributed by atoms with van der Waals surface area (Å²) in [6, 6.07) is 24.1. The van der Waals surface area contributed by atoms with Gasteiger partial charge in [0.05, 0.1) is 0 Å². The van der Waals surface area contributed by atoms with Crippen molar-refractivity contribution >= 4 is 34.6 Å². The highest BCUT2D eigenvalue weighted by Crippen LogP contribution is 2.42. The van der Waals surface area contributed by atoms with E-state index >= 15 is 0 Å². The third kappa shape index (κ3) is 4.38. The molecule has 0 amide bonds. The maximum atomic E-state index is 4.40. The Kier molecular flexibility index (Phi) is 6.36. The fraction of sp³-hybridized carbons (Fsp3) is 0.391. The van der Waals surface area contributed by atoms with Gasteiger partial charge in [0.2, 0.25) is 0 Å². The van der Waals surface area contributed by atoms with Gasteiger partial charge in [0, 0.05) is 16.1 Å². The van der Waals surface area contributed by atoms with Crippen molar-refractivity contribution in [2.75, 3.05) is 0 Å². The van der Waals surface area contributed by atoms with Crippen molar-refractivity contribution in [3.05, 3.63) is 72.8 Å². The highest BCUT2D eigenvalue weighted by Gasteiger charge is 2.54. The zero-order chi connectivity index (χ0) is 19.6. The van der Waals surface area contributed by atoms with E-state index < -0.39 is 24.2 Å². The third-order valence-corrected chi connectivity index (χ3v) is 27.1. The number of hydrogen-bond acceptors (Lipinski definition) is 0. The van der Waals surface area contributed by atoms with E-state index in [2.05, 4.69) is 113 Å². The molecule has 0 heterocycles. The lowest BCUT2D eigenvalue weighted by Crippen LogP contribution is -2.71. The van der Waals surface area contributed by atoms with Crippen LogP contribution in [0.4, 0.5) is 0 Å². The Morgan fingerprint density at radius 3 is 1.35 bits per heavy atom. The van der Waals surface area contributed by atoms with Gasteiger partial charge in [-0.25, -0.2) is 0 Å². The zero-order valence-electron chi connectivity index (χ0n) is 17.8. The van der Waals surface area contributed by atoms with Crippen LogP contribution in [0.3, 0.4) is 0 Å². The van der Waals surface area contributed by atoms with Gasteiger partial charge in [-0.1, -0.05) is 116 Å². The van der Waals surface area contributed by atoms with E-state index in [0.717, 1.165) is 4.79 Å². The Morgan fingerprint density at radius 1 is 0.731 bits per heavy atom. The number of hydrogen-bond donors (Lipinski definition) is 0. The first kappa shape index (κ1) is 21.1. The molecule has 140 valence electrons. The fourth-order valence-corrected chi connectivity index (χ4v) is 34.5. The first-order chi connectivity index (χ1) is 12.0. The van der Waals surface area contributed by atoms with Crippen molar-refractivity contribution in [3.8, 4) is 0 Å². The molecule has 0 aliphatic heterocycles. The average molecular weight is 397 g/mol. The summed E-state index contributed by atoms with van der Waals surface area (Å²) in [5.74, 6) is 0. The Balaban J connectivity index is 2.93. The van der Waals surface area contributed by atoms with Gasteiger partial charge < -0.3 is 0 Å². The monoisotopic (exact) mass is 396 g/mol. The van der Waals surface area contributed by atoms with Crippen molar-refractivity contribution in [1.29, 1.82) is 0 Å². The summed E-state index contributed by atoms with van der Waals surface area (Å²) in [5, 5.41) is 3.20. The van der Waals surface area contributed by atoms with Crippen LogP contribution in [-0.2, 0) is 0 Å². The van der Waals surface area contributed by atoms with Crippen LogP contribution in [0, 0.1) is 0 Å². The molecule has 0 spiro atoms. The van der Waals surface area contributed by atoms with Crippen molar-refractivity contribution in [1.82, 2.24) is 0 Å². The molecule has 2 rings (SSSR count). The van der Waals surface area contributed by atoms with Gasteiger partial charge in [0.25, 0.3) is 0 Å². The van der Waals surface area contributed by atoms with E-state index in [-0.39, 0.29) is 0 Å². The molecule has 0 nitrogen and oxygen atoms in total. The Hall–Kier alpha value is -1.17. The summed E-state index contributed by atoms with van der Waals surface area (Å²) in [4.78, 5) is 0.851. The summed E-state index contributed by atoms with van der Waals surface area (Å²) in [6.45, 7) is 22.2. The van der Waals surface area contributed by atoms with Crippen LogP contribution in [-0.4, -0.2) is 24.2 Å². The number of allylic oxidation sites excluding steroid dienone is 1. The predicted molar refractivity (Wildman–Crippen MR) is 128 cm³/mol. The second kappa shape index (κ2) is 7.83. The van der Waals surface area contributed by atoms with Crippen LogP contribution in [0.25, 0.3) is 0 Å². The molecule has 2 aromatic carbocycles. The van der Waals surface area contributed by atoms with Gasteiger partial charge in [-0.3, -0.25) is 0 Å². The first-order valence-corrected chi connectivity index (χ1v) is 19.2. The largest absolute Gasteiger partial charge is 0.120 e. The van der Waals surface area contributed by atoms with Gasteiger partial charge in [0.15, 0.2) is 0 Å². The van der Waals surface area contributed by atoms with E-state index in [1.54, 1.807) is 10.4 Å². The average Bonchev–Trinajstić information content (AvgIpc) is 2.52. The minimum atomic E-state index is -1.99. The number of benzene rings is 2. The molecule has 0 atom stereocenters. The standard InChI is InChI=1S/C23H36Si3/c1-20(2)19-26(21-15-11-9-12-16-21,22-17-13-10-14-18-22)23(24(3,4)5)25(6,7)8/h9-18,23H,1,19H2,2-8H3. The SMILES string of the molecule is C=C(C)C[Si](c1ccccc1)(c1ccccc1)C([Si](C)(C)C)[Si](C)(C)C. The zero-order valence-corrected chi connectivity index (χ0v) is 20.8. The molecule has 0 fully saturated rings. The van der Waals surface area contributed by atoms with Crippen LogP contribution in [0.1, 0.15) is 6.92 Å². The van der Waals surface area contributed by atoms with Crippen LogP contribution in [0.15, 0.2) is 72.8 Å². The van der Waals surface area contributed by atoms with Crippen LogP contribution >= 0.6 is 0 Å². The summed E-state index contributed by atoms with van der Waals surface area (Å²) in [6.07, 6.45) is 0. The van der Waals surface area contributed by atoms with Crippen LogP contribution < -0.4 is 10.4 Å². The van der Waals surface area contributed by atoms with Crippen molar-refractivity contribution in [2.24, 2.45) is 0 Å². The molecule has 0 saturated heterocycles. The molecule has 0 aromatic heterocycles. The summed E-state index contributed by atoms with van der Waals surface area (Å²) >= 11 is 0. The van der Waals surface area contributed by atoms with E-state index in [1.807, 2.05) is 0 Å². The molecule has 0 N–H and O–H groups in total. The van der Waals surface area contributed by atoms with E-state index in [9.17, 15) is 0 Å². The highest BCUT2D eigenvalue weighted by atomic mass is 28.5. The van der Waals surface area contributed by atoms with Gasteiger partial charge in [-0.05, 0) is 17.8 Å². The molecule has 0 aliphatic carbocycles. The normalized spacial score (nSPS) is 13.1. The Bertz CT molecular complexity index is 668. The highest BCUT2D eigenvalue weighted by molar-refractivity contribution is 7.22. The molecule has 0 unspecified atom stereocenters. The number of rotatable bonds is 7. The molecule has 26 heavy (non-hydrogen) atoms. The summed E-state index contributed by atoms with van der Waals surface area (Å²) in [5.41, 5.74) is 1.34. The summed E-state index contributed by atoms with van der Waals surface area (Å²) in [7, 11) is -4.80. The Labute approximate surface area is 164 Å². The van der Waals surface area contributed by atoms with Gasteiger partial charge in [-0.15, -0.1) is 6.58 Å². The topological polar surface area (TPSA) is 0 Å². The van der Waals surface area contributed by atoms with E-state index in [4.69, 9.17) is 0 Å². The van der Waals surface area contributed by atoms with Gasteiger partial charge in [0.1, 0.15) is 8.07 Å². The molecular weight excluding hydrogens is 361 g/mol. The predicted octanol–water partition coefficient (Wildman–Crippen LogP) is 5.95. The minimum absolute atomic E-state index is 0.851. The molecule has 3 heteroatoms. The van der Waals surface area contributed by atoms with Crippen molar-refractivity contribution in [2.45, 2.75) is 57.0 Å². The second-order valence-electron chi connectivity index (χ2n) is 10.0. The maximum Gasteiger partial charge on any atom is 0.120 e. The van der Waals surface area contributed by atoms with Gasteiger partial charge in [-0.2, -0.15) is 0 Å². The van der Waals surface area contributed by atoms with Crippen molar-refractivity contribution in [3.63, 3.8) is 0 Å². The lowest BCUT2D eigenvalue weighted by molar-refractivity contribution is 1.28. The second-order valence-corrected chi connectivity index (χ2v) is 26.4. The third-order valence-electron chi connectivity index (χ3n) is 5.38. The molecule has 0 radical (unpaired) electrons. The molecule has 0 aliphatic rings. The van der Waals surface area contributed by atoms with Crippen LogP contribution in [0.5, 0.6) is 0 Å². The van der Waals surface area contributed by atoms with Crippen LogP contribution in [0.2, 0.25) is 50.1 Å². The molecule has 2 aromatic rings. The van der Waals surface area contributed by atoms with E-state index in [0.29, 0.717) is 0 Å². The van der Waals surface area contributed by atoms with E-state index in [1.165, 1.54) is 11.6 Å². The van der Waals surface area contributed by atoms with Gasteiger partial charge >= 0.3 is 0 Å². The minimum Gasteiger partial charge on any atom is -0.100 e. The smallest absolute Gasteiger partial charge is 0.100 e. The van der Waals surface area contributed by atoms with Crippen molar-refractivity contribution < 1.29 is 0 Å². The lowest BCUT2D eigenvalue weighted by Gasteiger charge is -2.52. The summed E-state index contributed by atoms with van der Waals surface area (Å²) < 4.78 is 0. The molecular formula is C23H36Si3.